The predicted octanol–water partition coefficient (Wildman–Crippen LogP) is 3.03. The molecule has 11 nitrogen and oxygen atoms in total. The van der Waals surface area contributed by atoms with Crippen molar-refractivity contribution in [2.75, 3.05) is 25.5 Å². The molecule has 12 heteroatoms. The third-order valence-corrected chi connectivity index (χ3v) is 6.58. The summed E-state index contributed by atoms with van der Waals surface area (Å²) in [5.41, 5.74) is 12.2. The normalized spacial score (nSPS) is 15.3. The number of allylic oxidation sites excluding steroid dienone is 1. The largest absolute Gasteiger partial charge is 0.455 e. The molecular weight excluding hydrogens is 522 g/mol. The Balaban J connectivity index is 1.79. The molecule has 5 N–H and O–H groups in total. The zero-order valence-electron chi connectivity index (χ0n) is 22.0. The number of aryl methyl sites for hydroxylation is 1. The molecule has 1 aromatic carbocycles. The Hall–Kier alpha value is -4.22. The number of benzene rings is 1. The minimum absolute atomic E-state index is 0.147. The number of hydrogen-bond acceptors (Lipinski definition) is 10. The Kier molecular flexibility index (Phi) is 8.62. The van der Waals surface area contributed by atoms with Crippen molar-refractivity contribution in [2.24, 2.45) is 15.7 Å². The van der Waals surface area contributed by atoms with Crippen LogP contribution in [0.2, 0.25) is 5.15 Å². The molecule has 1 atom stereocenters. The van der Waals surface area contributed by atoms with Crippen molar-refractivity contribution >= 4 is 52.4 Å². The summed E-state index contributed by atoms with van der Waals surface area (Å²) in [4.78, 5) is 41.9. The number of nitrogens with two attached hydrogens (primary N) is 1. The molecule has 1 aliphatic heterocycles. The van der Waals surface area contributed by atoms with Gasteiger partial charge in [0.05, 0.1) is 28.7 Å². The van der Waals surface area contributed by atoms with E-state index < -0.39 is 0 Å². The summed E-state index contributed by atoms with van der Waals surface area (Å²) in [6.45, 7) is 7.40. The van der Waals surface area contributed by atoms with Gasteiger partial charge in [-0.15, -0.1) is 0 Å². The van der Waals surface area contributed by atoms with Gasteiger partial charge in [-0.05, 0) is 44.5 Å². The molecule has 1 unspecified atom stereocenters. The molecule has 0 radical (unpaired) electrons. The van der Waals surface area contributed by atoms with Crippen LogP contribution in [0.25, 0.3) is 16.5 Å². The van der Waals surface area contributed by atoms with Crippen molar-refractivity contribution < 1.29 is 14.0 Å². The minimum atomic E-state index is -0.363. The highest BCUT2D eigenvalue weighted by Gasteiger charge is 2.22. The highest BCUT2D eigenvalue weighted by molar-refractivity contribution is 6.29. The fraction of sp³-hybridized carbons (Fsp3) is 0.296. The van der Waals surface area contributed by atoms with Gasteiger partial charge in [-0.1, -0.05) is 17.7 Å². The lowest BCUT2D eigenvalue weighted by molar-refractivity contribution is -0.132. The number of aliphatic imine (C=N–C) groups is 2. The summed E-state index contributed by atoms with van der Waals surface area (Å²) in [5.74, 6) is 0.560. The quantitative estimate of drug-likeness (QED) is 0.103. The molecule has 0 saturated carbocycles. The van der Waals surface area contributed by atoms with Crippen molar-refractivity contribution in [3.05, 3.63) is 74.0 Å². The molecule has 204 valence electrons. The first kappa shape index (κ1) is 27.8. The van der Waals surface area contributed by atoms with E-state index in [1.807, 2.05) is 26.0 Å². The molecule has 39 heavy (non-hydrogen) atoms. The molecule has 0 bridgehead atoms. The number of anilines is 1. The van der Waals surface area contributed by atoms with E-state index in [0.29, 0.717) is 39.2 Å². The fourth-order valence-electron chi connectivity index (χ4n) is 4.23. The second kappa shape index (κ2) is 12.1. The van der Waals surface area contributed by atoms with Gasteiger partial charge < -0.3 is 25.6 Å². The molecular formula is C27H30ClN7O4. The Labute approximate surface area is 230 Å². The van der Waals surface area contributed by atoms with Crippen molar-refractivity contribution in [1.82, 2.24) is 15.8 Å². The lowest BCUT2D eigenvalue weighted by atomic mass is 9.99. The van der Waals surface area contributed by atoms with Crippen molar-refractivity contribution in [3.63, 3.8) is 0 Å². The van der Waals surface area contributed by atoms with Gasteiger partial charge in [-0.2, -0.15) is 5.48 Å². The fourth-order valence-corrected chi connectivity index (χ4v) is 4.38. The summed E-state index contributed by atoms with van der Waals surface area (Å²) < 4.78 is 6.40. The molecule has 0 aliphatic carbocycles. The highest BCUT2D eigenvalue weighted by atomic mass is 35.5. The van der Waals surface area contributed by atoms with Crippen LogP contribution in [0.5, 0.6) is 0 Å². The second-order valence-electron chi connectivity index (χ2n) is 9.11. The summed E-state index contributed by atoms with van der Waals surface area (Å²) in [6.07, 6.45) is 3.05. The maximum atomic E-state index is 13.5. The number of carbonyl (C=O) groups excluding carboxylic acids is 1. The maximum Gasteiger partial charge on any atom is 0.320 e. The van der Waals surface area contributed by atoms with Gasteiger partial charge in [0.15, 0.2) is 11.3 Å². The monoisotopic (exact) mass is 551 g/mol. The van der Waals surface area contributed by atoms with Gasteiger partial charge in [-0.3, -0.25) is 19.6 Å². The number of carbonyl (C=O) groups is 1. The van der Waals surface area contributed by atoms with Crippen molar-refractivity contribution in [1.29, 1.82) is 0 Å². The zero-order valence-corrected chi connectivity index (χ0v) is 22.8. The molecule has 0 amide bonds. The lowest BCUT2D eigenvalue weighted by Gasteiger charge is -2.23. The molecule has 1 aliphatic rings. The average Bonchev–Trinajstić information content (AvgIpc) is 2.89. The molecule has 3 heterocycles. The van der Waals surface area contributed by atoms with E-state index in [1.165, 1.54) is 13.2 Å². The number of amidine groups is 1. The average molecular weight is 552 g/mol. The van der Waals surface area contributed by atoms with E-state index in [9.17, 15) is 9.59 Å². The number of rotatable bonds is 9. The lowest BCUT2D eigenvalue weighted by Crippen LogP contribution is -2.45. The standard InChI is InChI=1S/C27H30ClN7O4/c1-14-7-19(16(3)33-21-5-6-22(28)34-23(21)27(30-4)35-38-13-36)26-20(8-14)24(37)15(2)25(39-26)17(9-29)10-32-18-11-31-12-18/h5-10,13,16,18,31,33H,11-12,29H2,1-4H3,(H,30,35)/b17-9+,32-10?. The Bertz CT molecular complexity index is 1540. The Morgan fingerprint density at radius 1 is 1.33 bits per heavy atom. The van der Waals surface area contributed by atoms with Gasteiger partial charge in [0.2, 0.25) is 0 Å². The van der Waals surface area contributed by atoms with Gasteiger partial charge in [-0.25, -0.2) is 4.98 Å². The first-order valence-corrected chi connectivity index (χ1v) is 12.6. The maximum absolute atomic E-state index is 13.5. The van der Waals surface area contributed by atoms with E-state index in [2.05, 4.69) is 35.9 Å². The predicted molar refractivity (Wildman–Crippen MR) is 153 cm³/mol. The Morgan fingerprint density at radius 3 is 2.74 bits per heavy atom. The van der Waals surface area contributed by atoms with Gasteiger partial charge in [0, 0.05) is 43.7 Å². The van der Waals surface area contributed by atoms with Gasteiger partial charge in [0.25, 0.3) is 0 Å². The van der Waals surface area contributed by atoms with Crippen LogP contribution in [-0.4, -0.2) is 49.7 Å². The molecule has 0 spiro atoms. The van der Waals surface area contributed by atoms with Crippen molar-refractivity contribution in [2.45, 2.75) is 32.9 Å². The van der Waals surface area contributed by atoms with Crippen LogP contribution in [0, 0.1) is 13.8 Å². The van der Waals surface area contributed by atoms with Gasteiger partial charge >= 0.3 is 6.47 Å². The van der Waals surface area contributed by atoms with Crippen LogP contribution in [0.3, 0.4) is 0 Å². The number of halogens is 1. The summed E-state index contributed by atoms with van der Waals surface area (Å²) in [6, 6.07) is 6.93. The number of fused-ring (bicyclic) bond motifs is 1. The SMILES string of the molecule is CN=C(NOC=O)c1nc(Cl)ccc1NC(C)c1cc(C)cc2c(=O)c(C)c(/C(C=NC3CNC3)=C/N)oc12. The number of hydrogen-bond donors (Lipinski definition) is 4. The van der Waals surface area contributed by atoms with E-state index in [0.717, 1.165) is 24.2 Å². The van der Waals surface area contributed by atoms with Gasteiger partial charge in [0.1, 0.15) is 22.2 Å². The minimum Gasteiger partial charge on any atom is -0.455 e. The van der Waals surface area contributed by atoms with E-state index in [1.54, 1.807) is 25.3 Å². The number of pyridine rings is 1. The third-order valence-electron chi connectivity index (χ3n) is 6.37. The number of nitrogens with zero attached hydrogens (tertiary/aromatic N) is 3. The first-order chi connectivity index (χ1) is 18.8. The smallest absolute Gasteiger partial charge is 0.320 e. The second-order valence-corrected chi connectivity index (χ2v) is 9.50. The van der Waals surface area contributed by atoms with Crippen molar-refractivity contribution in [3.8, 4) is 0 Å². The van der Waals surface area contributed by atoms with Crippen LogP contribution in [0.15, 0.2) is 49.7 Å². The molecule has 1 fully saturated rings. The molecule has 1 saturated heterocycles. The third kappa shape index (κ3) is 5.94. The first-order valence-electron chi connectivity index (χ1n) is 12.3. The summed E-state index contributed by atoms with van der Waals surface area (Å²) in [5, 5.41) is 7.25. The summed E-state index contributed by atoms with van der Waals surface area (Å²) in [7, 11) is 1.52. The van der Waals surface area contributed by atoms with Crippen LogP contribution in [-0.2, 0) is 9.63 Å². The topological polar surface area (TPSA) is 156 Å². The van der Waals surface area contributed by atoms with E-state index >= 15 is 0 Å². The van der Waals surface area contributed by atoms with E-state index in [-0.39, 0.29) is 35.0 Å². The van der Waals surface area contributed by atoms with Crippen LogP contribution in [0.1, 0.15) is 41.1 Å². The highest BCUT2D eigenvalue weighted by Crippen LogP contribution is 2.31. The summed E-state index contributed by atoms with van der Waals surface area (Å²) >= 11 is 6.14. The van der Waals surface area contributed by atoms with Crippen LogP contribution < -0.4 is 27.3 Å². The number of aromatic nitrogens is 1. The number of hydroxylamine groups is 1. The Morgan fingerprint density at radius 2 is 2.10 bits per heavy atom. The molecule has 3 aromatic rings. The zero-order chi connectivity index (χ0) is 28.1. The number of nitrogens with one attached hydrogen (secondary N) is 3. The van der Waals surface area contributed by atoms with Crippen LogP contribution in [0.4, 0.5) is 5.69 Å². The van der Waals surface area contributed by atoms with Crippen LogP contribution >= 0.6 is 11.6 Å². The molecule has 4 rings (SSSR count). The molecule has 2 aromatic heterocycles. The van der Waals surface area contributed by atoms with E-state index in [4.69, 9.17) is 21.8 Å².